The maximum Gasteiger partial charge on any atom is 0.253 e. The van der Waals surface area contributed by atoms with E-state index in [-0.39, 0.29) is 18.3 Å². The van der Waals surface area contributed by atoms with Crippen LogP contribution in [0.1, 0.15) is 27.5 Å². The smallest absolute Gasteiger partial charge is 0.253 e. The van der Waals surface area contributed by atoms with Crippen LogP contribution in [0.25, 0.3) is 5.69 Å². The lowest BCUT2D eigenvalue weighted by atomic mass is 9.89. The third-order valence-electron chi connectivity index (χ3n) is 5.36. The highest BCUT2D eigenvalue weighted by Crippen LogP contribution is 2.32. The van der Waals surface area contributed by atoms with Crippen LogP contribution in [-0.2, 0) is 0 Å². The zero-order valence-corrected chi connectivity index (χ0v) is 16.7. The highest BCUT2D eigenvalue weighted by Gasteiger charge is 2.35. The Morgan fingerprint density at radius 3 is 2.39 bits per heavy atom. The number of likely N-dealkylation sites (tertiary alicyclic amines) is 1. The van der Waals surface area contributed by atoms with E-state index in [0.29, 0.717) is 37.0 Å². The molecule has 0 unspecified atom stereocenters. The predicted molar refractivity (Wildman–Crippen MR) is 113 cm³/mol. The van der Waals surface area contributed by atoms with Gasteiger partial charge in [0, 0.05) is 30.8 Å². The van der Waals surface area contributed by atoms with Gasteiger partial charge in [-0.3, -0.25) is 4.79 Å². The van der Waals surface area contributed by atoms with E-state index in [0.717, 1.165) is 11.4 Å². The summed E-state index contributed by atoms with van der Waals surface area (Å²) < 4.78 is 1.81. The predicted octanol–water partition coefficient (Wildman–Crippen LogP) is 3.42. The molecule has 1 aliphatic rings. The minimum absolute atomic E-state index is 0. The fraction of sp³-hybridized carbons (Fsp3) is 0.273. The molecule has 2 heterocycles. The van der Waals surface area contributed by atoms with Gasteiger partial charge in [0.1, 0.15) is 0 Å². The van der Waals surface area contributed by atoms with Gasteiger partial charge in [0.25, 0.3) is 5.91 Å². The van der Waals surface area contributed by atoms with E-state index in [1.165, 1.54) is 5.56 Å². The second kappa shape index (κ2) is 8.59. The summed E-state index contributed by atoms with van der Waals surface area (Å²) in [7, 11) is 0. The Morgan fingerprint density at radius 1 is 1.07 bits per heavy atom. The highest BCUT2D eigenvalue weighted by atomic mass is 35.5. The van der Waals surface area contributed by atoms with Crippen LogP contribution >= 0.6 is 12.4 Å². The Hall–Kier alpha value is -2.63. The van der Waals surface area contributed by atoms with E-state index in [4.69, 9.17) is 5.73 Å². The average Bonchev–Trinajstić information content (AvgIpc) is 3.34. The molecule has 0 bridgehead atoms. The normalized spacial score (nSPS) is 18.7. The van der Waals surface area contributed by atoms with Crippen molar-refractivity contribution < 1.29 is 4.79 Å². The van der Waals surface area contributed by atoms with Crippen molar-refractivity contribution in [1.82, 2.24) is 14.7 Å². The summed E-state index contributed by atoms with van der Waals surface area (Å²) in [5.41, 5.74) is 9.87. The van der Waals surface area contributed by atoms with E-state index in [2.05, 4.69) is 17.2 Å². The highest BCUT2D eigenvalue weighted by molar-refractivity contribution is 5.94. The van der Waals surface area contributed by atoms with Crippen molar-refractivity contribution in [2.75, 3.05) is 19.6 Å². The first-order valence-electron chi connectivity index (χ1n) is 9.32. The Balaban J connectivity index is 0.00000225. The van der Waals surface area contributed by atoms with E-state index in [9.17, 15) is 4.79 Å². The molecule has 1 amide bonds. The average molecular weight is 397 g/mol. The number of hydrogen-bond acceptors (Lipinski definition) is 3. The molecule has 0 saturated carbocycles. The van der Waals surface area contributed by atoms with Crippen molar-refractivity contribution >= 4 is 18.3 Å². The summed E-state index contributed by atoms with van der Waals surface area (Å²) in [4.78, 5) is 14.9. The van der Waals surface area contributed by atoms with Gasteiger partial charge in [-0.05, 0) is 55.3 Å². The maximum atomic E-state index is 13.0. The SMILES string of the molecule is Cc1ccn(-c2ccc(C(=O)N3C[C@@H](CN)[C@H](c4ccccc4)C3)cc2)n1.Cl. The molecule has 2 N–H and O–H groups in total. The van der Waals surface area contributed by atoms with Crippen LogP contribution in [0.5, 0.6) is 0 Å². The molecular weight excluding hydrogens is 372 g/mol. The molecule has 146 valence electrons. The quantitative estimate of drug-likeness (QED) is 0.734. The van der Waals surface area contributed by atoms with Crippen LogP contribution in [0.15, 0.2) is 66.9 Å². The molecule has 6 heteroatoms. The van der Waals surface area contributed by atoms with Gasteiger partial charge >= 0.3 is 0 Å². The van der Waals surface area contributed by atoms with Gasteiger partial charge in [0.05, 0.1) is 11.4 Å². The Morgan fingerprint density at radius 2 is 1.79 bits per heavy atom. The summed E-state index contributed by atoms with van der Waals surface area (Å²) in [6.45, 7) is 3.96. The molecule has 4 rings (SSSR count). The summed E-state index contributed by atoms with van der Waals surface area (Å²) >= 11 is 0. The number of carbonyl (C=O) groups excluding carboxylic acids is 1. The Kier molecular flexibility index (Phi) is 6.17. The first kappa shape index (κ1) is 20.1. The number of amides is 1. The Labute approximate surface area is 171 Å². The lowest BCUT2D eigenvalue weighted by molar-refractivity contribution is 0.0786. The number of rotatable bonds is 4. The lowest BCUT2D eigenvalue weighted by Gasteiger charge is -2.17. The monoisotopic (exact) mass is 396 g/mol. The number of halogens is 1. The van der Waals surface area contributed by atoms with Crippen molar-refractivity contribution in [1.29, 1.82) is 0 Å². The topological polar surface area (TPSA) is 64.2 Å². The van der Waals surface area contributed by atoms with Gasteiger partial charge in [0.15, 0.2) is 0 Å². The van der Waals surface area contributed by atoms with Crippen molar-refractivity contribution in [3.8, 4) is 5.69 Å². The molecule has 0 aliphatic carbocycles. The molecule has 1 aliphatic heterocycles. The lowest BCUT2D eigenvalue weighted by Crippen LogP contribution is -2.29. The van der Waals surface area contributed by atoms with Crippen molar-refractivity contribution in [2.24, 2.45) is 11.7 Å². The van der Waals surface area contributed by atoms with Crippen LogP contribution in [0.3, 0.4) is 0 Å². The summed E-state index contributed by atoms with van der Waals surface area (Å²) in [5.74, 6) is 0.657. The summed E-state index contributed by atoms with van der Waals surface area (Å²) in [6.07, 6.45) is 1.92. The summed E-state index contributed by atoms with van der Waals surface area (Å²) in [6, 6.07) is 19.9. The Bertz CT molecular complexity index is 923. The van der Waals surface area contributed by atoms with E-state index in [1.807, 2.05) is 71.2 Å². The number of nitrogens with zero attached hydrogens (tertiary/aromatic N) is 3. The molecule has 2 aromatic carbocycles. The van der Waals surface area contributed by atoms with Crippen LogP contribution in [0, 0.1) is 12.8 Å². The second-order valence-corrected chi connectivity index (χ2v) is 7.17. The molecule has 28 heavy (non-hydrogen) atoms. The molecule has 1 fully saturated rings. The second-order valence-electron chi connectivity index (χ2n) is 7.17. The fourth-order valence-electron chi connectivity index (χ4n) is 3.85. The van der Waals surface area contributed by atoms with Crippen LogP contribution < -0.4 is 5.73 Å². The number of carbonyl (C=O) groups is 1. The first-order valence-corrected chi connectivity index (χ1v) is 9.32. The molecule has 0 radical (unpaired) electrons. The van der Waals surface area contributed by atoms with Gasteiger partial charge in [-0.15, -0.1) is 12.4 Å². The minimum atomic E-state index is 0. The third-order valence-corrected chi connectivity index (χ3v) is 5.36. The van der Waals surface area contributed by atoms with Gasteiger partial charge in [-0.25, -0.2) is 4.68 Å². The molecule has 2 atom stereocenters. The van der Waals surface area contributed by atoms with Crippen molar-refractivity contribution in [2.45, 2.75) is 12.8 Å². The van der Waals surface area contributed by atoms with Gasteiger partial charge in [-0.1, -0.05) is 30.3 Å². The van der Waals surface area contributed by atoms with E-state index >= 15 is 0 Å². The number of aryl methyl sites for hydroxylation is 1. The van der Waals surface area contributed by atoms with Gasteiger partial charge in [0.2, 0.25) is 0 Å². The summed E-state index contributed by atoms with van der Waals surface area (Å²) in [5, 5.41) is 4.40. The minimum Gasteiger partial charge on any atom is -0.338 e. The van der Waals surface area contributed by atoms with Gasteiger partial charge < -0.3 is 10.6 Å². The number of hydrogen-bond donors (Lipinski definition) is 1. The number of aromatic nitrogens is 2. The van der Waals surface area contributed by atoms with E-state index in [1.54, 1.807) is 0 Å². The molecule has 0 spiro atoms. The number of benzene rings is 2. The third kappa shape index (κ3) is 3.96. The number of nitrogens with two attached hydrogens (primary N) is 1. The van der Waals surface area contributed by atoms with E-state index < -0.39 is 0 Å². The van der Waals surface area contributed by atoms with Gasteiger partial charge in [-0.2, -0.15) is 5.10 Å². The molecule has 3 aromatic rings. The zero-order valence-electron chi connectivity index (χ0n) is 15.9. The van der Waals surface area contributed by atoms with Crippen LogP contribution in [0.4, 0.5) is 0 Å². The molecular formula is C22H25ClN4O. The van der Waals surface area contributed by atoms with Crippen molar-refractivity contribution in [3.05, 3.63) is 83.7 Å². The maximum absolute atomic E-state index is 13.0. The first-order chi connectivity index (χ1) is 13.2. The van der Waals surface area contributed by atoms with Crippen molar-refractivity contribution in [3.63, 3.8) is 0 Å². The largest absolute Gasteiger partial charge is 0.338 e. The molecule has 5 nitrogen and oxygen atoms in total. The molecule has 1 aromatic heterocycles. The zero-order chi connectivity index (χ0) is 18.8. The standard InChI is InChI=1S/C22H24N4O.ClH/c1-16-11-12-26(24-16)20-9-7-18(8-10-20)22(27)25-14-19(13-23)21(15-25)17-5-3-2-4-6-17;/h2-12,19,21H,13-15,23H2,1H3;1H/t19-,21+;/m1./s1. The van der Waals surface area contributed by atoms with Crippen LogP contribution in [-0.4, -0.2) is 40.2 Å². The van der Waals surface area contributed by atoms with Crippen LogP contribution in [0.2, 0.25) is 0 Å². The fourth-order valence-corrected chi connectivity index (χ4v) is 3.85. The molecule has 1 saturated heterocycles.